The second-order valence-electron chi connectivity index (χ2n) is 13.6. The number of hydrogen-bond donors (Lipinski definition) is 0. The van der Waals surface area contributed by atoms with Crippen LogP contribution in [0.25, 0.3) is 0 Å². The van der Waals surface area contributed by atoms with Crippen LogP contribution in [0, 0.1) is 23.7 Å². The second kappa shape index (κ2) is 10.3. The number of hydrogen-bond acceptors (Lipinski definition) is 8. The maximum absolute atomic E-state index is 6.39. The average molecular weight is 577 g/mol. The van der Waals surface area contributed by atoms with Crippen molar-refractivity contribution in [3.05, 3.63) is 47.5 Å². The summed E-state index contributed by atoms with van der Waals surface area (Å²) in [6, 6.07) is 13.4. The largest absolute Gasteiger partial charge is 0.487 e. The quantitative estimate of drug-likeness (QED) is 0.303. The fourth-order valence-electron chi connectivity index (χ4n) is 8.42. The molecule has 4 unspecified atom stereocenters. The molecule has 42 heavy (non-hydrogen) atoms. The highest BCUT2D eigenvalue weighted by molar-refractivity contribution is 5.54. The molecule has 2 aromatic carbocycles. The first kappa shape index (κ1) is 25.9. The molecule has 8 fully saturated rings. The minimum atomic E-state index is -0.119. The van der Waals surface area contributed by atoms with Gasteiger partial charge in [0.1, 0.15) is 50.8 Å². The highest BCUT2D eigenvalue weighted by atomic mass is 16.6. The van der Waals surface area contributed by atoms with Gasteiger partial charge in [0.2, 0.25) is 0 Å². The van der Waals surface area contributed by atoms with E-state index in [1.165, 1.54) is 43.2 Å². The van der Waals surface area contributed by atoms with Gasteiger partial charge >= 0.3 is 0 Å². The summed E-state index contributed by atoms with van der Waals surface area (Å²) < 4.78 is 47.0. The normalized spacial score (nSPS) is 38.2. The molecule has 8 heteroatoms. The van der Waals surface area contributed by atoms with Gasteiger partial charge in [-0.25, -0.2) is 0 Å². The smallest absolute Gasteiger partial charge is 0.161 e. The molecule has 0 radical (unpaired) electrons. The van der Waals surface area contributed by atoms with Gasteiger partial charge in [-0.15, -0.1) is 0 Å². The van der Waals surface area contributed by atoms with Crippen LogP contribution in [0.3, 0.4) is 0 Å². The maximum atomic E-state index is 6.39. The van der Waals surface area contributed by atoms with Crippen molar-refractivity contribution in [2.75, 3.05) is 52.9 Å². The Morgan fingerprint density at radius 3 is 1.21 bits per heavy atom. The van der Waals surface area contributed by atoms with Crippen molar-refractivity contribution in [1.82, 2.24) is 0 Å². The first-order chi connectivity index (χ1) is 20.7. The lowest BCUT2D eigenvalue weighted by atomic mass is 9.42. The molecule has 4 atom stereocenters. The summed E-state index contributed by atoms with van der Waals surface area (Å²) in [7, 11) is 0. The van der Waals surface area contributed by atoms with Crippen LogP contribution in [-0.4, -0.2) is 77.3 Å². The fourth-order valence-corrected chi connectivity index (χ4v) is 8.42. The molecule has 0 amide bonds. The lowest BCUT2D eigenvalue weighted by Crippen LogP contribution is -2.56. The highest BCUT2D eigenvalue weighted by Crippen LogP contribution is 2.66. The standard InChI is InChI=1S/C34H40O8/c1-3-30(39-16-26-12-35-26)32(41-18-28-14-37-28)10-22(1)34(24-6-20-5-21(8-24)9-25(34)7-20)23-2-4-31(40-17-27-13-36-27)33(11-23)42-19-29-15-38-29/h1-4,10-11,20-21,24-29H,5-9,12-19H2. The van der Waals surface area contributed by atoms with Gasteiger partial charge in [-0.1, -0.05) is 12.1 Å². The van der Waals surface area contributed by atoms with Crippen molar-refractivity contribution in [1.29, 1.82) is 0 Å². The van der Waals surface area contributed by atoms with Crippen LogP contribution in [0.2, 0.25) is 0 Å². The zero-order chi connectivity index (χ0) is 27.7. The minimum absolute atomic E-state index is 0.119. The Bertz CT molecular complexity index is 1200. The van der Waals surface area contributed by atoms with E-state index in [1.54, 1.807) is 0 Å². The van der Waals surface area contributed by atoms with Crippen molar-refractivity contribution in [3.63, 3.8) is 0 Å². The monoisotopic (exact) mass is 576 g/mol. The summed E-state index contributed by atoms with van der Waals surface area (Å²) in [6.45, 7) is 5.25. The summed E-state index contributed by atoms with van der Waals surface area (Å²) in [6.07, 6.45) is 7.23. The molecule has 0 aromatic heterocycles. The van der Waals surface area contributed by atoms with Crippen molar-refractivity contribution in [3.8, 4) is 23.0 Å². The first-order valence-electron chi connectivity index (χ1n) is 16.0. The number of benzene rings is 2. The second-order valence-corrected chi connectivity index (χ2v) is 13.6. The summed E-state index contributed by atoms with van der Waals surface area (Å²) in [5.74, 6) is 6.02. The molecule has 4 saturated heterocycles. The summed E-state index contributed by atoms with van der Waals surface area (Å²) in [4.78, 5) is 0. The average Bonchev–Trinajstić information content (AvgIpc) is 3.81. The molecule has 8 nitrogen and oxygen atoms in total. The van der Waals surface area contributed by atoms with Crippen molar-refractivity contribution < 1.29 is 37.9 Å². The third kappa shape index (κ3) is 5.04. The van der Waals surface area contributed by atoms with Gasteiger partial charge in [-0.3, -0.25) is 0 Å². The lowest BCUT2D eigenvalue weighted by molar-refractivity contribution is -0.0420. The predicted molar refractivity (Wildman–Crippen MR) is 152 cm³/mol. The Kier molecular flexibility index (Phi) is 6.35. The Balaban J connectivity index is 1.12. The van der Waals surface area contributed by atoms with E-state index in [9.17, 15) is 0 Å². The number of epoxide rings is 4. The fraction of sp³-hybridized carbons (Fsp3) is 0.647. The molecule has 4 aliphatic heterocycles. The molecule has 0 N–H and O–H groups in total. The van der Waals surface area contributed by atoms with E-state index in [4.69, 9.17) is 37.9 Å². The van der Waals surface area contributed by atoms with Crippen LogP contribution >= 0.6 is 0 Å². The van der Waals surface area contributed by atoms with E-state index >= 15 is 0 Å². The van der Waals surface area contributed by atoms with Gasteiger partial charge in [-0.05, 0) is 91.2 Å². The van der Waals surface area contributed by atoms with Crippen LogP contribution in [0.4, 0.5) is 0 Å². The van der Waals surface area contributed by atoms with Crippen LogP contribution in [0.5, 0.6) is 23.0 Å². The van der Waals surface area contributed by atoms with Gasteiger partial charge in [0.15, 0.2) is 23.0 Å². The van der Waals surface area contributed by atoms with Crippen LogP contribution < -0.4 is 18.9 Å². The molecule has 4 aliphatic carbocycles. The van der Waals surface area contributed by atoms with Gasteiger partial charge < -0.3 is 37.9 Å². The molecule has 10 rings (SSSR count). The molecular formula is C34H40O8. The Morgan fingerprint density at radius 2 is 0.857 bits per heavy atom. The summed E-state index contributed by atoms with van der Waals surface area (Å²) >= 11 is 0. The summed E-state index contributed by atoms with van der Waals surface area (Å²) in [5, 5.41) is 0. The van der Waals surface area contributed by atoms with Gasteiger partial charge in [0.25, 0.3) is 0 Å². The lowest BCUT2D eigenvalue weighted by Gasteiger charge is -2.62. The number of rotatable bonds is 14. The van der Waals surface area contributed by atoms with Gasteiger partial charge in [0.05, 0.1) is 26.4 Å². The van der Waals surface area contributed by atoms with Crippen molar-refractivity contribution >= 4 is 0 Å². The van der Waals surface area contributed by atoms with Crippen LogP contribution in [0.1, 0.15) is 43.2 Å². The van der Waals surface area contributed by atoms with Crippen molar-refractivity contribution in [2.24, 2.45) is 23.7 Å². The van der Waals surface area contributed by atoms with E-state index in [0.29, 0.717) is 38.3 Å². The molecule has 224 valence electrons. The SMILES string of the molecule is c1cc(OCC2CO2)c(OCC2CO2)cc1C1(c2ccc(OCC3CO3)c(OCC3CO3)c2)C2CC3CC(C2)CC1C3. The van der Waals surface area contributed by atoms with E-state index < -0.39 is 0 Å². The van der Waals surface area contributed by atoms with E-state index in [0.717, 1.165) is 61.3 Å². The zero-order valence-corrected chi connectivity index (χ0v) is 24.0. The zero-order valence-electron chi connectivity index (χ0n) is 24.0. The Labute approximate surface area is 246 Å². The molecule has 4 heterocycles. The molecule has 8 aliphatic rings. The summed E-state index contributed by atoms with van der Waals surface area (Å²) in [5.41, 5.74) is 2.54. The Morgan fingerprint density at radius 1 is 0.500 bits per heavy atom. The van der Waals surface area contributed by atoms with Gasteiger partial charge in [-0.2, -0.15) is 0 Å². The minimum Gasteiger partial charge on any atom is -0.487 e. The van der Waals surface area contributed by atoms with Crippen molar-refractivity contribution in [2.45, 2.75) is 61.9 Å². The topological polar surface area (TPSA) is 87.0 Å². The first-order valence-corrected chi connectivity index (χ1v) is 16.0. The number of ether oxygens (including phenoxy) is 8. The van der Waals surface area contributed by atoms with E-state index in [2.05, 4.69) is 36.4 Å². The molecule has 4 saturated carbocycles. The molecule has 2 aromatic rings. The maximum Gasteiger partial charge on any atom is 0.161 e. The third-order valence-corrected chi connectivity index (χ3v) is 10.6. The highest BCUT2D eigenvalue weighted by Gasteiger charge is 2.59. The van der Waals surface area contributed by atoms with E-state index in [1.807, 2.05) is 0 Å². The predicted octanol–water partition coefficient (Wildman–Crippen LogP) is 4.54. The molecule has 4 bridgehead atoms. The van der Waals surface area contributed by atoms with E-state index in [-0.39, 0.29) is 29.8 Å². The Hall–Kier alpha value is -2.52. The van der Waals surface area contributed by atoms with Crippen LogP contribution in [-0.2, 0) is 24.4 Å². The molecular weight excluding hydrogens is 536 g/mol. The molecule has 0 spiro atoms. The third-order valence-electron chi connectivity index (χ3n) is 10.6. The van der Waals surface area contributed by atoms with Crippen LogP contribution in [0.15, 0.2) is 36.4 Å². The van der Waals surface area contributed by atoms with Gasteiger partial charge in [0, 0.05) is 5.41 Å².